The van der Waals surface area contributed by atoms with Crippen LogP contribution in [-0.4, -0.2) is 23.5 Å². The summed E-state index contributed by atoms with van der Waals surface area (Å²) in [5, 5.41) is 6.07. The van der Waals surface area contributed by atoms with Gasteiger partial charge in [0.15, 0.2) is 0 Å². The molecule has 0 unspecified atom stereocenters. The second-order valence-electron chi connectivity index (χ2n) is 6.64. The van der Waals surface area contributed by atoms with Gasteiger partial charge in [0, 0.05) is 17.6 Å². The molecule has 29 heavy (non-hydrogen) atoms. The largest absolute Gasteiger partial charge is 0.462 e. The average Bonchev–Trinajstić information content (AvgIpc) is 2.72. The number of rotatable bonds is 6. The van der Waals surface area contributed by atoms with Gasteiger partial charge in [-0.25, -0.2) is 4.79 Å². The third kappa shape index (κ3) is 5.19. The van der Waals surface area contributed by atoms with E-state index in [1.165, 1.54) is 11.8 Å². The number of nitrogens with zero attached hydrogens (tertiary/aromatic N) is 1. The van der Waals surface area contributed by atoms with E-state index in [1.807, 2.05) is 32.0 Å². The van der Waals surface area contributed by atoms with Crippen LogP contribution >= 0.6 is 0 Å². The number of pyridine rings is 1. The van der Waals surface area contributed by atoms with E-state index >= 15 is 0 Å². The van der Waals surface area contributed by atoms with E-state index in [9.17, 15) is 9.59 Å². The molecule has 6 heteroatoms. The molecule has 3 aromatic rings. The van der Waals surface area contributed by atoms with Gasteiger partial charge in [-0.05, 0) is 74.4 Å². The molecule has 3 rings (SSSR count). The summed E-state index contributed by atoms with van der Waals surface area (Å²) < 4.78 is 4.98. The van der Waals surface area contributed by atoms with E-state index in [4.69, 9.17) is 4.74 Å². The van der Waals surface area contributed by atoms with E-state index in [-0.39, 0.29) is 11.9 Å². The number of ether oxygens (including phenoxy) is 1. The van der Waals surface area contributed by atoms with Crippen molar-refractivity contribution < 1.29 is 14.3 Å². The number of nitrogens with one attached hydrogen (secondary N) is 2. The van der Waals surface area contributed by atoms with E-state index in [1.54, 1.807) is 43.5 Å². The topological polar surface area (TPSA) is 80.3 Å². The molecule has 1 amide bonds. The van der Waals surface area contributed by atoms with Crippen LogP contribution in [0, 0.1) is 13.8 Å². The first-order valence-corrected chi connectivity index (χ1v) is 9.34. The van der Waals surface area contributed by atoms with Crippen LogP contribution in [0.25, 0.3) is 0 Å². The predicted molar refractivity (Wildman–Crippen MR) is 114 cm³/mol. The second kappa shape index (κ2) is 9.01. The summed E-state index contributed by atoms with van der Waals surface area (Å²) in [7, 11) is 0. The lowest BCUT2D eigenvalue weighted by atomic mass is 10.1. The molecular formula is C23H23N3O3. The highest BCUT2D eigenvalue weighted by molar-refractivity contribution is 6.04. The number of esters is 1. The Morgan fingerprint density at radius 2 is 1.59 bits per heavy atom. The lowest BCUT2D eigenvalue weighted by molar-refractivity contribution is 0.0526. The normalized spacial score (nSPS) is 10.3. The minimum absolute atomic E-state index is 0.234. The summed E-state index contributed by atoms with van der Waals surface area (Å²) in [6.07, 6.45) is 3.15. The molecule has 0 fully saturated rings. The SMILES string of the molecule is CCOC(=O)c1ccc(Nc2cncc(C(=O)Nc3ccc(C)c(C)c3)c2)cc1. The molecule has 0 aliphatic heterocycles. The molecule has 0 atom stereocenters. The fraction of sp³-hybridized carbons (Fsp3) is 0.174. The lowest BCUT2D eigenvalue weighted by Gasteiger charge is -2.10. The highest BCUT2D eigenvalue weighted by Gasteiger charge is 2.09. The first-order chi connectivity index (χ1) is 14.0. The Morgan fingerprint density at radius 1 is 0.862 bits per heavy atom. The monoisotopic (exact) mass is 389 g/mol. The quantitative estimate of drug-likeness (QED) is 0.588. The number of amides is 1. The van der Waals surface area contributed by atoms with Gasteiger partial charge in [-0.3, -0.25) is 9.78 Å². The van der Waals surface area contributed by atoms with E-state index < -0.39 is 0 Å². The smallest absolute Gasteiger partial charge is 0.338 e. The zero-order valence-electron chi connectivity index (χ0n) is 16.7. The number of aromatic nitrogens is 1. The summed E-state index contributed by atoms with van der Waals surface area (Å²) in [5.41, 5.74) is 5.39. The number of benzene rings is 2. The van der Waals surface area contributed by atoms with Gasteiger partial charge in [0.05, 0.1) is 29.6 Å². The highest BCUT2D eigenvalue weighted by atomic mass is 16.5. The Hall–Kier alpha value is -3.67. The highest BCUT2D eigenvalue weighted by Crippen LogP contribution is 2.19. The van der Waals surface area contributed by atoms with Crippen LogP contribution < -0.4 is 10.6 Å². The van der Waals surface area contributed by atoms with Crippen LogP contribution in [0.4, 0.5) is 17.1 Å². The molecule has 1 heterocycles. The van der Waals surface area contributed by atoms with Crippen molar-refractivity contribution in [3.8, 4) is 0 Å². The number of carbonyl (C=O) groups is 2. The number of hydrogen-bond donors (Lipinski definition) is 2. The minimum atomic E-state index is -0.356. The molecule has 0 aliphatic carbocycles. The number of carbonyl (C=O) groups excluding carboxylic acids is 2. The Bertz CT molecular complexity index is 1030. The predicted octanol–water partition coefficient (Wildman–Crippen LogP) is 4.87. The van der Waals surface area contributed by atoms with Crippen molar-refractivity contribution in [1.29, 1.82) is 0 Å². The van der Waals surface area contributed by atoms with Crippen molar-refractivity contribution in [2.24, 2.45) is 0 Å². The zero-order valence-corrected chi connectivity index (χ0v) is 16.7. The van der Waals surface area contributed by atoms with Gasteiger partial charge in [-0.15, -0.1) is 0 Å². The van der Waals surface area contributed by atoms with Crippen molar-refractivity contribution >= 4 is 28.9 Å². The summed E-state index contributed by atoms with van der Waals surface area (Å²) in [6.45, 7) is 6.13. The molecular weight excluding hydrogens is 366 g/mol. The number of anilines is 3. The van der Waals surface area contributed by atoms with Crippen molar-refractivity contribution in [2.45, 2.75) is 20.8 Å². The van der Waals surface area contributed by atoms with Crippen LogP contribution in [0.5, 0.6) is 0 Å². The van der Waals surface area contributed by atoms with Gasteiger partial charge in [0.1, 0.15) is 0 Å². The van der Waals surface area contributed by atoms with E-state index in [2.05, 4.69) is 15.6 Å². The van der Waals surface area contributed by atoms with E-state index in [0.717, 1.165) is 16.9 Å². The first-order valence-electron chi connectivity index (χ1n) is 9.34. The molecule has 0 radical (unpaired) electrons. The van der Waals surface area contributed by atoms with Gasteiger partial charge < -0.3 is 15.4 Å². The number of hydrogen-bond acceptors (Lipinski definition) is 5. The van der Waals surface area contributed by atoms with Crippen LogP contribution in [0.1, 0.15) is 38.8 Å². The Labute approximate surface area is 169 Å². The van der Waals surface area contributed by atoms with Crippen LogP contribution in [0.3, 0.4) is 0 Å². The summed E-state index contributed by atoms with van der Waals surface area (Å²) in [6, 6.07) is 14.4. The summed E-state index contributed by atoms with van der Waals surface area (Å²) in [5.74, 6) is -0.590. The van der Waals surface area contributed by atoms with Gasteiger partial charge in [0.25, 0.3) is 5.91 Å². The molecule has 6 nitrogen and oxygen atoms in total. The molecule has 0 saturated heterocycles. The molecule has 1 aromatic heterocycles. The Kier molecular flexibility index (Phi) is 6.24. The standard InChI is InChI=1S/C23H23N3O3/c1-4-29-23(28)17-6-9-19(10-7-17)25-21-12-18(13-24-14-21)22(27)26-20-8-5-15(2)16(3)11-20/h5-14,25H,4H2,1-3H3,(H,26,27). The molecule has 148 valence electrons. The maximum absolute atomic E-state index is 12.6. The van der Waals surface area contributed by atoms with Gasteiger partial charge >= 0.3 is 5.97 Å². The van der Waals surface area contributed by atoms with Gasteiger partial charge in [-0.1, -0.05) is 6.07 Å². The molecule has 2 aromatic carbocycles. The average molecular weight is 389 g/mol. The summed E-state index contributed by atoms with van der Waals surface area (Å²) in [4.78, 5) is 28.4. The fourth-order valence-corrected chi connectivity index (χ4v) is 2.73. The lowest BCUT2D eigenvalue weighted by Crippen LogP contribution is -2.12. The van der Waals surface area contributed by atoms with Crippen LogP contribution in [-0.2, 0) is 4.74 Å². The Morgan fingerprint density at radius 3 is 2.28 bits per heavy atom. The van der Waals surface area contributed by atoms with Crippen molar-refractivity contribution in [2.75, 3.05) is 17.2 Å². The minimum Gasteiger partial charge on any atom is -0.462 e. The molecule has 2 N–H and O–H groups in total. The fourth-order valence-electron chi connectivity index (χ4n) is 2.73. The van der Waals surface area contributed by atoms with Crippen LogP contribution in [0.2, 0.25) is 0 Å². The van der Waals surface area contributed by atoms with Gasteiger partial charge in [0.2, 0.25) is 0 Å². The second-order valence-corrected chi connectivity index (χ2v) is 6.64. The molecule has 0 spiro atoms. The van der Waals surface area contributed by atoms with Crippen molar-refractivity contribution in [3.05, 3.63) is 83.2 Å². The zero-order chi connectivity index (χ0) is 20.8. The third-order valence-corrected chi connectivity index (χ3v) is 4.45. The first kappa shape index (κ1) is 20.1. The van der Waals surface area contributed by atoms with Gasteiger partial charge in [-0.2, -0.15) is 0 Å². The van der Waals surface area contributed by atoms with Crippen LogP contribution in [0.15, 0.2) is 60.9 Å². The van der Waals surface area contributed by atoms with Crippen molar-refractivity contribution in [1.82, 2.24) is 4.98 Å². The molecule has 0 saturated carbocycles. The number of aryl methyl sites for hydroxylation is 2. The molecule has 0 aliphatic rings. The third-order valence-electron chi connectivity index (χ3n) is 4.45. The van der Waals surface area contributed by atoms with E-state index in [0.29, 0.717) is 23.4 Å². The molecule has 0 bridgehead atoms. The maximum atomic E-state index is 12.6. The Balaban J connectivity index is 1.69. The maximum Gasteiger partial charge on any atom is 0.338 e. The van der Waals surface area contributed by atoms with Crippen molar-refractivity contribution in [3.63, 3.8) is 0 Å². The summed E-state index contributed by atoms with van der Waals surface area (Å²) >= 11 is 0.